The lowest BCUT2D eigenvalue weighted by atomic mass is 10.0. The Morgan fingerprint density at radius 2 is 1.75 bits per heavy atom. The van der Waals surface area contributed by atoms with E-state index in [4.69, 9.17) is 4.74 Å². The topological polar surface area (TPSA) is 41.6 Å². The van der Waals surface area contributed by atoms with Crippen molar-refractivity contribution >= 4 is 11.6 Å². The van der Waals surface area contributed by atoms with Crippen molar-refractivity contribution in [3.8, 4) is 0 Å². The number of methoxy groups -OCH3 is 1. The summed E-state index contributed by atoms with van der Waals surface area (Å²) in [5.74, 6) is 0.0200. The number of nitrogens with zero attached hydrogens (tertiary/aromatic N) is 1. The maximum Gasteiger partial charge on any atom is 0.246 e. The van der Waals surface area contributed by atoms with Crippen LogP contribution < -0.4 is 5.32 Å². The fourth-order valence-electron chi connectivity index (χ4n) is 3.29. The molecule has 4 nitrogen and oxygen atoms in total. The van der Waals surface area contributed by atoms with Gasteiger partial charge in [-0.1, -0.05) is 48.5 Å². The number of hydrogen-bond acceptors (Lipinski definition) is 3. The number of carbonyl (C=O) groups excluding carboxylic acids is 1. The summed E-state index contributed by atoms with van der Waals surface area (Å²) in [4.78, 5) is 15.3. The molecule has 3 rings (SSSR count). The van der Waals surface area contributed by atoms with Crippen molar-refractivity contribution in [2.24, 2.45) is 0 Å². The summed E-state index contributed by atoms with van der Waals surface area (Å²) >= 11 is 0. The fraction of sp³-hybridized carbons (Fsp3) is 0.350. The predicted molar refractivity (Wildman–Crippen MR) is 95.8 cm³/mol. The molecular formula is C20H24N2O2. The number of nitrogens with one attached hydrogen (secondary N) is 1. The van der Waals surface area contributed by atoms with Gasteiger partial charge < -0.3 is 10.1 Å². The van der Waals surface area contributed by atoms with Crippen LogP contribution in [-0.4, -0.2) is 31.0 Å². The third-order valence-corrected chi connectivity index (χ3v) is 4.44. The number of rotatable bonds is 6. The molecule has 24 heavy (non-hydrogen) atoms. The Morgan fingerprint density at radius 1 is 1.08 bits per heavy atom. The molecule has 1 aliphatic rings. The summed E-state index contributed by atoms with van der Waals surface area (Å²) in [6.45, 7) is 2.41. The lowest BCUT2D eigenvalue weighted by Crippen LogP contribution is -2.35. The highest BCUT2D eigenvalue weighted by molar-refractivity contribution is 5.96. The minimum Gasteiger partial charge on any atom is -0.380 e. The second-order valence-electron chi connectivity index (χ2n) is 6.14. The van der Waals surface area contributed by atoms with Crippen LogP contribution in [0.4, 0.5) is 5.69 Å². The molecule has 0 aromatic heterocycles. The molecule has 0 spiro atoms. The molecule has 1 amide bonds. The van der Waals surface area contributed by atoms with Crippen molar-refractivity contribution in [3.05, 3.63) is 65.7 Å². The van der Waals surface area contributed by atoms with Crippen molar-refractivity contribution in [1.29, 1.82) is 0 Å². The number of ether oxygens (including phenoxy) is 1. The minimum absolute atomic E-state index is 0.0200. The molecule has 1 N–H and O–H groups in total. The first kappa shape index (κ1) is 16.7. The van der Waals surface area contributed by atoms with E-state index in [1.54, 1.807) is 7.11 Å². The van der Waals surface area contributed by atoms with E-state index < -0.39 is 0 Å². The summed E-state index contributed by atoms with van der Waals surface area (Å²) in [6, 6.07) is 17.6. The molecule has 0 radical (unpaired) electrons. The molecule has 1 heterocycles. The van der Waals surface area contributed by atoms with Crippen LogP contribution in [0, 0.1) is 0 Å². The Hall–Kier alpha value is -2.17. The monoisotopic (exact) mass is 324 g/mol. The zero-order chi connectivity index (χ0) is 16.8. The average molecular weight is 324 g/mol. The Bertz CT molecular complexity index is 666. The molecule has 0 unspecified atom stereocenters. The van der Waals surface area contributed by atoms with E-state index in [9.17, 15) is 4.79 Å². The van der Waals surface area contributed by atoms with Crippen molar-refractivity contribution in [2.45, 2.75) is 25.5 Å². The average Bonchev–Trinajstić information content (AvgIpc) is 3.12. The lowest BCUT2D eigenvalue weighted by molar-refractivity contribution is -0.121. The quantitative estimate of drug-likeness (QED) is 0.882. The van der Waals surface area contributed by atoms with Gasteiger partial charge in [0.05, 0.1) is 6.61 Å². The van der Waals surface area contributed by atoms with Gasteiger partial charge in [0.15, 0.2) is 0 Å². The first-order valence-corrected chi connectivity index (χ1v) is 8.46. The minimum atomic E-state index is -0.246. The first-order chi connectivity index (χ1) is 11.8. The second kappa shape index (κ2) is 8.08. The largest absolute Gasteiger partial charge is 0.380 e. The number of anilines is 1. The molecule has 2 aromatic rings. The highest BCUT2D eigenvalue weighted by Crippen LogP contribution is 2.27. The number of benzene rings is 2. The molecule has 1 aliphatic heterocycles. The highest BCUT2D eigenvalue weighted by Gasteiger charge is 2.29. The Balaban J connectivity index is 1.84. The Morgan fingerprint density at radius 3 is 2.46 bits per heavy atom. The molecule has 4 heteroatoms. The van der Waals surface area contributed by atoms with Crippen molar-refractivity contribution in [2.75, 3.05) is 25.5 Å². The van der Waals surface area contributed by atoms with Crippen molar-refractivity contribution in [3.63, 3.8) is 0 Å². The van der Waals surface area contributed by atoms with E-state index in [1.807, 2.05) is 54.6 Å². The van der Waals surface area contributed by atoms with Crippen LogP contribution in [0.5, 0.6) is 0 Å². The predicted octanol–water partition coefficient (Wildman–Crippen LogP) is 3.61. The molecular weight excluding hydrogens is 300 g/mol. The van der Waals surface area contributed by atoms with E-state index in [-0.39, 0.29) is 11.9 Å². The zero-order valence-corrected chi connectivity index (χ0v) is 14.1. The summed E-state index contributed by atoms with van der Waals surface area (Å²) in [5, 5.41) is 3.11. The van der Waals surface area contributed by atoms with Crippen LogP contribution in [-0.2, 0) is 16.1 Å². The van der Waals surface area contributed by atoms with Gasteiger partial charge in [-0.15, -0.1) is 0 Å². The number of para-hydroxylation sites is 1. The van der Waals surface area contributed by atoms with Gasteiger partial charge in [0.25, 0.3) is 0 Å². The molecule has 1 atom stereocenters. The van der Waals surface area contributed by atoms with Gasteiger partial charge in [-0.05, 0) is 37.6 Å². The van der Waals surface area contributed by atoms with E-state index in [0.29, 0.717) is 6.61 Å². The number of carbonyl (C=O) groups is 1. The summed E-state index contributed by atoms with van der Waals surface area (Å²) in [6.07, 6.45) is 2.30. The van der Waals surface area contributed by atoms with Crippen LogP contribution in [0.1, 0.15) is 30.0 Å². The van der Waals surface area contributed by atoms with Crippen molar-refractivity contribution < 1.29 is 9.53 Å². The SMILES string of the molecule is COCc1ccccc1NC(=O)[C@@H](c1ccccc1)N1CCCC1. The van der Waals surface area contributed by atoms with Crippen LogP contribution in [0.3, 0.4) is 0 Å². The normalized spacial score (nSPS) is 16.0. The Kier molecular flexibility index (Phi) is 5.62. The van der Waals surface area contributed by atoms with E-state index in [0.717, 1.165) is 42.7 Å². The van der Waals surface area contributed by atoms with Crippen LogP contribution in [0.2, 0.25) is 0 Å². The van der Waals surface area contributed by atoms with Crippen LogP contribution in [0.15, 0.2) is 54.6 Å². The van der Waals surface area contributed by atoms with Crippen LogP contribution in [0.25, 0.3) is 0 Å². The van der Waals surface area contributed by atoms with Crippen molar-refractivity contribution in [1.82, 2.24) is 4.90 Å². The van der Waals surface area contributed by atoms with Gasteiger partial charge in [0.2, 0.25) is 5.91 Å². The molecule has 1 saturated heterocycles. The van der Waals surface area contributed by atoms with E-state index in [2.05, 4.69) is 10.2 Å². The molecule has 0 aliphatic carbocycles. The maximum absolute atomic E-state index is 13.1. The molecule has 2 aromatic carbocycles. The third-order valence-electron chi connectivity index (χ3n) is 4.44. The smallest absolute Gasteiger partial charge is 0.246 e. The molecule has 126 valence electrons. The van der Waals surface area contributed by atoms with Gasteiger partial charge in [0.1, 0.15) is 6.04 Å². The van der Waals surface area contributed by atoms with E-state index in [1.165, 1.54) is 0 Å². The number of likely N-dealkylation sites (tertiary alicyclic amines) is 1. The van der Waals surface area contributed by atoms with Gasteiger partial charge >= 0.3 is 0 Å². The molecule has 0 bridgehead atoms. The first-order valence-electron chi connectivity index (χ1n) is 8.46. The van der Waals surface area contributed by atoms with Gasteiger partial charge in [-0.3, -0.25) is 9.69 Å². The number of hydrogen-bond donors (Lipinski definition) is 1. The fourth-order valence-corrected chi connectivity index (χ4v) is 3.29. The lowest BCUT2D eigenvalue weighted by Gasteiger charge is -2.27. The highest BCUT2D eigenvalue weighted by atomic mass is 16.5. The molecule has 1 fully saturated rings. The van der Waals surface area contributed by atoms with Crippen LogP contribution >= 0.6 is 0 Å². The van der Waals surface area contributed by atoms with E-state index >= 15 is 0 Å². The maximum atomic E-state index is 13.1. The third kappa shape index (κ3) is 3.83. The standard InChI is InChI=1S/C20H24N2O2/c1-24-15-17-11-5-6-12-18(17)21-20(23)19(22-13-7-8-14-22)16-9-3-2-4-10-16/h2-6,9-12,19H,7-8,13-15H2,1H3,(H,21,23)/t19-/m1/s1. The summed E-state index contributed by atoms with van der Waals surface area (Å²) in [5.41, 5.74) is 2.85. The number of amides is 1. The summed E-state index contributed by atoms with van der Waals surface area (Å²) in [7, 11) is 1.66. The second-order valence-corrected chi connectivity index (χ2v) is 6.14. The summed E-state index contributed by atoms with van der Waals surface area (Å²) < 4.78 is 5.23. The van der Waals surface area contributed by atoms with Gasteiger partial charge in [-0.2, -0.15) is 0 Å². The Labute approximate surface area is 143 Å². The van der Waals surface area contributed by atoms with Gasteiger partial charge in [-0.25, -0.2) is 0 Å². The zero-order valence-electron chi connectivity index (χ0n) is 14.1. The molecule has 0 saturated carbocycles. The van der Waals surface area contributed by atoms with Gasteiger partial charge in [0, 0.05) is 18.4 Å².